The number of ether oxygens (including phenoxy) is 1. The monoisotopic (exact) mass is 257 g/mol. The molecule has 18 heavy (non-hydrogen) atoms. The summed E-state index contributed by atoms with van der Waals surface area (Å²) >= 11 is 0. The van der Waals surface area contributed by atoms with E-state index in [4.69, 9.17) is 5.73 Å². The molecule has 0 radical (unpaired) electrons. The molecule has 3 nitrogen and oxygen atoms in total. The summed E-state index contributed by atoms with van der Waals surface area (Å²) < 4.78 is 32.0. The highest BCUT2D eigenvalue weighted by molar-refractivity contribution is 5.79. The molecule has 2 N–H and O–H groups in total. The molecule has 0 spiro atoms. The summed E-state index contributed by atoms with van der Waals surface area (Å²) in [5, 5.41) is 0. The van der Waals surface area contributed by atoms with E-state index in [0.29, 0.717) is 11.1 Å². The Labute approximate surface area is 105 Å². The van der Waals surface area contributed by atoms with Crippen LogP contribution in [0.25, 0.3) is 0 Å². The predicted molar refractivity (Wildman–Crippen MR) is 64.4 cm³/mol. The number of benzene rings is 1. The van der Waals surface area contributed by atoms with Gasteiger partial charge in [0.15, 0.2) is 0 Å². The lowest BCUT2D eigenvalue weighted by Gasteiger charge is -2.24. The van der Waals surface area contributed by atoms with E-state index in [1.54, 1.807) is 32.0 Å². The first-order valence-corrected chi connectivity index (χ1v) is 5.69. The van der Waals surface area contributed by atoms with Crippen molar-refractivity contribution in [3.63, 3.8) is 0 Å². The van der Waals surface area contributed by atoms with Crippen molar-refractivity contribution in [3.8, 4) is 0 Å². The standard InChI is InChI=1S/C13H17F2NO2/c1-4-18-12(17)13(14,15)11(16)10-8(2)6-5-7-9(10)3/h5-7,11H,4,16H2,1-3H3/t11-/m1/s1. The van der Waals surface area contributed by atoms with Crippen LogP contribution in [0.1, 0.15) is 29.7 Å². The molecule has 1 aromatic carbocycles. The number of rotatable bonds is 4. The van der Waals surface area contributed by atoms with Crippen LogP contribution in [0, 0.1) is 13.8 Å². The molecule has 5 heteroatoms. The third kappa shape index (κ3) is 2.67. The van der Waals surface area contributed by atoms with Gasteiger partial charge in [-0.25, -0.2) is 4.79 Å². The number of nitrogens with two attached hydrogens (primary N) is 1. The van der Waals surface area contributed by atoms with Gasteiger partial charge in [0, 0.05) is 0 Å². The Balaban J connectivity index is 3.13. The summed E-state index contributed by atoms with van der Waals surface area (Å²) in [6.07, 6.45) is 0. The normalized spacial score (nSPS) is 13.2. The van der Waals surface area contributed by atoms with E-state index in [2.05, 4.69) is 4.74 Å². The number of aryl methyl sites for hydroxylation is 2. The van der Waals surface area contributed by atoms with Crippen LogP contribution in [0.3, 0.4) is 0 Å². The first kappa shape index (κ1) is 14.6. The first-order chi connectivity index (χ1) is 8.32. The minimum atomic E-state index is -3.73. The molecule has 0 saturated carbocycles. The fourth-order valence-electron chi connectivity index (χ4n) is 1.85. The van der Waals surface area contributed by atoms with Crippen LogP contribution in [0.15, 0.2) is 18.2 Å². The molecular formula is C13H17F2NO2. The molecule has 0 bridgehead atoms. The molecule has 1 atom stereocenters. The number of halogens is 2. The van der Waals surface area contributed by atoms with Gasteiger partial charge in [-0.15, -0.1) is 0 Å². The molecule has 0 heterocycles. The zero-order valence-electron chi connectivity index (χ0n) is 10.7. The van der Waals surface area contributed by atoms with Gasteiger partial charge >= 0.3 is 11.9 Å². The van der Waals surface area contributed by atoms with E-state index in [9.17, 15) is 13.6 Å². The van der Waals surface area contributed by atoms with E-state index in [-0.39, 0.29) is 12.2 Å². The van der Waals surface area contributed by atoms with E-state index in [0.717, 1.165) is 0 Å². The van der Waals surface area contributed by atoms with Gasteiger partial charge < -0.3 is 10.5 Å². The minimum absolute atomic E-state index is 0.103. The fourth-order valence-corrected chi connectivity index (χ4v) is 1.85. The lowest BCUT2D eigenvalue weighted by atomic mass is 9.93. The summed E-state index contributed by atoms with van der Waals surface area (Å²) in [5.74, 6) is -5.31. The van der Waals surface area contributed by atoms with Gasteiger partial charge in [-0.05, 0) is 37.5 Å². The van der Waals surface area contributed by atoms with Crippen molar-refractivity contribution in [1.29, 1.82) is 0 Å². The van der Waals surface area contributed by atoms with Crippen LogP contribution in [0.4, 0.5) is 8.78 Å². The largest absolute Gasteiger partial charge is 0.462 e. The Morgan fingerprint density at radius 3 is 2.33 bits per heavy atom. The van der Waals surface area contributed by atoms with Gasteiger partial charge in [0.05, 0.1) is 6.61 Å². The Bertz CT molecular complexity index is 426. The van der Waals surface area contributed by atoms with E-state index in [1.807, 2.05) is 0 Å². The van der Waals surface area contributed by atoms with Crippen molar-refractivity contribution in [2.75, 3.05) is 6.61 Å². The zero-order chi connectivity index (χ0) is 13.9. The number of esters is 1. The van der Waals surface area contributed by atoms with Gasteiger partial charge in [-0.2, -0.15) is 8.78 Å². The van der Waals surface area contributed by atoms with Crippen LogP contribution in [-0.2, 0) is 9.53 Å². The molecule has 1 aromatic rings. The predicted octanol–water partition coefficient (Wildman–Crippen LogP) is 2.50. The Kier molecular flexibility index (Phi) is 4.40. The number of alkyl halides is 2. The van der Waals surface area contributed by atoms with Gasteiger partial charge in [0.25, 0.3) is 0 Å². The van der Waals surface area contributed by atoms with Crippen LogP contribution in [0.2, 0.25) is 0 Å². The summed E-state index contributed by atoms with van der Waals surface area (Å²) in [7, 11) is 0. The fraction of sp³-hybridized carbons (Fsp3) is 0.462. The van der Waals surface area contributed by atoms with Gasteiger partial charge in [0.2, 0.25) is 0 Å². The molecule has 0 aliphatic rings. The minimum Gasteiger partial charge on any atom is -0.462 e. The molecule has 0 amide bonds. The van der Waals surface area contributed by atoms with Gasteiger partial charge in [0.1, 0.15) is 6.04 Å². The first-order valence-electron chi connectivity index (χ1n) is 5.69. The van der Waals surface area contributed by atoms with Crippen molar-refractivity contribution in [1.82, 2.24) is 0 Å². The second kappa shape index (κ2) is 5.44. The quantitative estimate of drug-likeness (QED) is 0.843. The maximum absolute atomic E-state index is 13.8. The van der Waals surface area contributed by atoms with E-state index < -0.39 is 17.9 Å². The third-order valence-corrected chi connectivity index (χ3v) is 2.79. The topological polar surface area (TPSA) is 52.3 Å². The molecule has 0 aromatic heterocycles. The molecule has 1 rings (SSSR count). The number of carbonyl (C=O) groups excluding carboxylic acids is 1. The van der Waals surface area contributed by atoms with Crippen molar-refractivity contribution in [2.45, 2.75) is 32.7 Å². The maximum Gasteiger partial charge on any atom is 0.379 e. The van der Waals surface area contributed by atoms with Crippen LogP contribution in [-0.4, -0.2) is 18.5 Å². The average molecular weight is 257 g/mol. The summed E-state index contributed by atoms with van der Waals surface area (Å²) in [4.78, 5) is 11.2. The smallest absolute Gasteiger partial charge is 0.379 e. The molecule has 0 unspecified atom stereocenters. The third-order valence-electron chi connectivity index (χ3n) is 2.79. The van der Waals surface area contributed by atoms with Crippen molar-refractivity contribution in [2.24, 2.45) is 5.73 Å². The molecule has 0 aliphatic carbocycles. The van der Waals surface area contributed by atoms with E-state index in [1.165, 1.54) is 6.92 Å². The van der Waals surface area contributed by atoms with Gasteiger partial charge in [-0.3, -0.25) is 0 Å². The lowest BCUT2D eigenvalue weighted by molar-refractivity contribution is -0.174. The van der Waals surface area contributed by atoms with Crippen LogP contribution in [0.5, 0.6) is 0 Å². The SMILES string of the molecule is CCOC(=O)C(F)(F)[C@H](N)c1c(C)cccc1C. The van der Waals surface area contributed by atoms with Crippen molar-refractivity contribution >= 4 is 5.97 Å². The molecule has 0 aliphatic heterocycles. The highest BCUT2D eigenvalue weighted by Crippen LogP contribution is 2.33. The van der Waals surface area contributed by atoms with Gasteiger partial charge in [-0.1, -0.05) is 18.2 Å². The van der Waals surface area contributed by atoms with E-state index >= 15 is 0 Å². The second-order valence-electron chi connectivity index (χ2n) is 4.13. The second-order valence-corrected chi connectivity index (χ2v) is 4.13. The van der Waals surface area contributed by atoms with Crippen LogP contribution < -0.4 is 5.73 Å². The number of hydrogen-bond acceptors (Lipinski definition) is 3. The maximum atomic E-state index is 13.8. The Hall–Kier alpha value is -1.49. The average Bonchev–Trinajstić information content (AvgIpc) is 2.28. The molecule has 100 valence electrons. The lowest BCUT2D eigenvalue weighted by Crippen LogP contribution is -2.42. The summed E-state index contributed by atoms with van der Waals surface area (Å²) in [6.45, 7) is 4.74. The number of hydrogen-bond donors (Lipinski definition) is 1. The van der Waals surface area contributed by atoms with Crippen molar-refractivity contribution in [3.05, 3.63) is 34.9 Å². The zero-order valence-corrected chi connectivity index (χ0v) is 10.7. The van der Waals surface area contributed by atoms with Crippen LogP contribution >= 0.6 is 0 Å². The summed E-state index contributed by atoms with van der Waals surface area (Å²) in [6, 6.07) is 3.42. The van der Waals surface area contributed by atoms with Crippen molar-refractivity contribution < 1.29 is 18.3 Å². The highest BCUT2D eigenvalue weighted by Gasteiger charge is 2.48. The Morgan fingerprint density at radius 1 is 1.39 bits per heavy atom. The Morgan fingerprint density at radius 2 is 1.89 bits per heavy atom. The highest BCUT2D eigenvalue weighted by atomic mass is 19.3. The molecule has 0 saturated heterocycles. The summed E-state index contributed by atoms with van der Waals surface area (Å²) in [5.41, 5.74) is 7.10. The molecule has 0 fully saturated rings. The number of carbonyl (C=O) groups is 1. The molecular weight excluding hydrogens is 240 g/mol.